The van der Waals surface area contributed by atoms with E-state index in [4.69, 9.17) is 4.74 Å². The molecule has 0 aromatic heterocycles. The second-order valence-corrected chi connectivity index (χ2v) is 10.4. The van der Waals surface area contributed by atoms with Crippen LogP contribution in [0.25, 0.3) is 0 Å². The van der Waals surface area contributed by atoms with Crippen LogP contribution in [-0.2, 0) is 15.9 Å². The average molecular weight is 508 g/mol. The molecule has 0 bridgehead atoms. The van der Waals surface area contributed by atoms with Crippen molar-refractivity contribution in [3.8, 4) is 11.5 Å². The van der Waals surface area contributed by atoms with Gasteiger partial charge in [-0.05, 0) is 81.8 Å². The van der Waals surface area contributed by atoms with Crippen LogP contribution < -0.4 is 15.1 Å². The largest absolute Gasteiger partial charge is 0.456 e. The van der Waals surface area contributed by atoms with Crippen molar-refractivity contribution >= 4 is 11.4 Å². The van der Waals surface area contributed by atoms with Crippen molar-refractivity contribution in [2.75, 3.05) is 23.5 Å². The van der Waals surface area contributed by atoms with Gasteiger partial charge in [-0.1, -0.05) is 42.0 Å². The molecule has 6 rings (SSSR count). The third kappa shape index (κ3) is 3.39. The Morgan fingerprint density at radius 3 is 2.03 bits per heavy atom. The van der Waals surface area contributed by atoms with Gasteiger partial charge in [-0.25, -0.2) is 4.47 Å². The minimum Gasteiger partial charge on any atom is -0.456 e. The highest BCUT2D eigenvalue weighted by atomic mass is 16.9. The molecule has 2 aliphatic heterocycles. The molecule has 0 fully saturated rings. The highest BCUT2D eigenvalue weighted by Crippen LogP contribution is 2.63. The van der Waals surface area contributed by atoms with Gasteiger partial charge in [0, 0.05) is 25.7 Å². The third-order valence-electron chi connectivity index (χ3n) is 8.06. The molecule has 5 heteroatoms. The summed E-state index contributed by atoms with van der Waals surface area (Å²) in [5, 5.41) is 12.4. The monoisotopic (exact) mass is 507 g/mol. The van der Waals surface area contributed by atoms with Crippen LogP contribution in [0, 0.1) is 13.8 Å². The molecule has 0 saturated heterocycles. The number of hydrogen-bond donors (Lipinski definition) is 2. The molecule has 1 unspecified atom stereocenters. The minimum absolute atomic E-state index is 0.767. The predicted molar refractivity (Wildman–Crippen MR) is 153 cm³/mol. The molecule has 194 valence electrons. The SMILES string of the molecule is CCN(CC)c1ccc2c(c1)C1(c3ccccc3Oc3ccccc31)[O+](Nc1ccc(C)cc1C)C2(C)O. The fraction of sp³-hybridized carbons (Fsp3) is 0.273. The van der Waals surface area contributed by atoms with Crippen LogP contribution in [0.4, 0.5) is 11.4 Å². The zero-order valence-electron chi connectivity index (χ0n) is 22.7. The lowest BCUT2D eigenvalue weighted by Gasteiger charge is -2.41. The van der Waals surface area contributed by atoms with Gasteiger partial charge in [0.1, 0.15) is 17.2 Å². The maximum absolute atomic E-state index is 12.4. The zero-order valence-corrected chi connectivity index (χ0v) is 22.7. The number of ether oxygens (including phenoxy) is 1. The number of benzene rings is 4. The van der Waals surface area contributed by atoms with Gasteiger partial charge in [-0.3, -0.25) is 0 Å². The molecule has 38 heavy (non-hydrogen) atoms. The predicted octanol–water partition coefficient (Wildman–Crippen LogP) is 7.31. The van der Waals surface area contributed by atoms with Crippen LogP contribution in [0.5, 0.6) is 11.5 Å². The zero-order chi connectivity index (χ0) is 26.7. The number of rotatable bonds is 5. The number of hydrogen-bond acceptors (Lipinski definition) is 4. The van der Waals surface area contributed by atoms with Crippen LogP contribution in [0.2, 0.25) is 0 Å². The van der Waals surface area contributed by atoms with Crippen molar-refractivity contribution in [2.24, 2.45) is 0 Å². The molecule has 0 amide bonds. The van der Waals surface area contributed by atoms with Gasteiger partial charge < -0.3 is 14.7 Å². The van der Waals surface area contributed by atoms with E-state index in [1.165, 1.54) is 5.56 Å². The number of para-hydroxylation sites is 2. The van der Waals surface area contributed by atoms with Crippen molar-refractivity contribution in [3.05, 3.63) is 118 Å². The lowest BCUT2D eigenvalue weighted by atomic mass is 9.77. The molecular weight excluding hydrogens is 472 g/mol. The fourth-order valence-corrected chi connectivity index (χ4v) is 6.21. The first-order valence-electron chi connectivity index (χ1n) is 13.4. The van der Waals surface area contributed by atoms with Crippen LogP contribution in [0.3, 0.4) is 0 Å². The number of nitrogens with zero attached hydrogens (tertiary/aromatic N) is 1. The van der Waals surface area contributed by atoms with Gasteiger partial charge in [0.2, 0.25) is 0 Å². The van der Waals surface area contributed by atoms with Crippen molar-refractivity contribution in [3.63, 3.8) is 0 Å². The number of anilines is 2. The van der Waals surface area contributed by atoms with E-state index >= 15 is 0 Å². The van der Waals surface area contributed by atoms with Gasteiger partial charge >= 0.3 is 5.79 Å². The summed E-state index contributed by atoms with van der Waals surface area (Å²) in [6, 6.07) is 29.0. The van der Waals surface area contributed by atoms with Crippen LogP contribution in [-0.4, -0.2) is 18.2 Å². The highest BCUT2D eigenvalue weighted by Gasteiger charge is 2.69. The molecular formula is C33H35N2O3+. The van der Waals surface area contributed by atoms with E-state index in [0.29, 0.717) is 0 Å². The van der Waals surface area contributed by atoms with E-state index in [2.05, 4.69) is 91.1 Å². The Morgan fingerprint density at radius 1 is 0.789 bits per heavy atom. The molecule has 1 atom stereocenters. The molecule has 5 nitrogen and oxygen atoms in total. The van der Waals surface area contributed by atoms with Crippen molar-refractivity contribution in [1.82, 2.24) is 0 Å². The molecule has 4 aromatic rings. The van der Waals surface area contributed by atoms with E-state index in [9.17, 15) is 5.11 Å². The Hall–Kier alpha value is -3.80. The molecule has 2 aliphatic rings. The van der Waals surface area contributed by atoms with Crippen molar-refractivity contribution in [2.45, 2.75) is 46.0 Å². The van der Waals surface area contributed by atoms with Crippen LogP contribution >= 0.6 is 0 Å². The summed E-state index contributed by atoms with van der Waals surface area (Å²) in [5.74, 6) is 0.123. The second kappa shape index (κ2) is 8.90. The lowest BCUT2D eigenvalue weighted by Crippen LogP contribution is -2.48. The Bertz CT molecular complexity index is 1480. The average Bonchev–Trinajstić information content (AvgIpc) is 3.10. The van der Waals surface area contributed by atoms with Gasteiger partial charge in [0.25, 0.3) is 5.60 Å². The van der Waals surface area contributed by atoms with E-state index in [1.54, 1.807) is 0 Å². The van der Waals surface area contributed by atoms with Crippen LogP contribution in [0.15, 0.2) is 84.9 Å². The summed E-state index contributed by atoms with van der Waals surface area (Å²) in [6.45, 7) is 12.2. The van der Waals surface area contributed by atoms with E-state index in [0.717, 1.165) is 63.8 Å². The maximum atomic E-state index is 12.4. The smallest absolute Gasteiger partial charge is 0.327 e. The number of aryl methyl sites for hydroxylation is 2. The Morgan fingerprint density at radius 2 is 1.42 bits per heavy atom. The Kier molecular flexibility index (Phi) is 5.74. The van der Waals surface area contributed by atoms with Crippen molar-refractivity contribution in [1.29, 1.82) is 0 Å². The lowest BCUT2D eigenvalue weighted by molar-refractivity contribution is -0.361. The molecule has 1 spiro atoms. The van der Waals surface area contributed by atoms with E-state index < -0.39 is 11.4 Å². The second-order valence-electron chi connectivity index (χ2n) is 10.4. The fourth-order valence-electron chi connectivity index (χ4n) is 6.21. The highest BCUT2D eigenvalue weighted by molar-refractivity contribution is 5.68. The number of nitrogens with one attached hydrogen (secondary N) is 1. The van der Waals surface area contributed by atoms with Gasteiger partial charge in [-0.15, -0.1) is 0 Å². The van der Waals surface area contributed by atoms with Gasteiger partial charge in [-0.2, -0.15) is 5.48 Å². The number of fused-ring (bicyclic) bond motifs is 6. The first-order chi connectivity index (χ1) is 18.3. The summed E-state index contributed by atoms with van der Waals surface area (Å²) in [4.78, 5) is 2.34. The van der Waals surface area contributed by atoms with E-state index in [-0.39, 0.29) is 0 Å². The quantitative estimate of drug-likeness (QED) is 0.278. The molecule has 4 aromatic carbocycles. The minimum atomic E-state index is -1.41. The maximum Gasteiger partial charge on any atom is 0.327 e. The summed E-state index contributed by atoms with van der Waals surface area (Å²) < 4.78 is 9.69. The van der Waals surface area contributed by atoms with Crippen molar-refractivity contribution < 1.29 is 14.3 Å². The first kappa shape index (κ1) is 24.5. The van der Waals surface area contributed by atoms with E-state index in [1.807, 2.05) is 43.3 Å². The Labute approximate surface area is 224 Å². The summed E-state index contributed by atoms with van der Waals surface area (Å²) in [7, 11) is 0. The summed E-state index contributed by atoms with van der Waals surface area (Å²) >= 11 is 0. The third-order valence-corrected chi connectivity index (χ3v) is 8.06. The topological polar surface area (TPSA) is 47.4 Å². The normalized spacial score (nSPS) is 18.9. The molecule has 0 aliphatic carbocycles. The van der Waals surface area contributed by atoms with Gasteiger partial charge in [0.15, 0.2) is 0 Å². The van der Waals surface area contributed by atoms with Crippen LogP contribution in [0.1, 0.15) is 54.2 Å². The Balaban J connectivity index is 1.70. The summed E-state index contributed by atoms with van der Waals surface area (Å²) in [6.07, 6.45) is 0. The molecule has 0 radical (unpaired) electrons. The number of aliphatic hydroxyl groups is 1. The van der Waals surface area contributed by atoms with Gasteiger partial charge in [0.05, 0.1) is 22.3 Å². The molecule has 2 heterocycles. The summed E-state index contributed by atoms with van der Waals surface area (Å²) in [5.41, 5.74) is 10.8. The standard InChI is InChI=1S/C33H35N2O3/c1-6-35(7-2)24-17-18-25-28(21-24)33(38(32(25,5)36)34-29-19-16-22(3)20-23(29)4)26-12-8-10-14-30(26)37-31-15-11-9-13-27(31)33/h8-21,34,36H,6-7H2,1-5H3/q+1. The molecule has 0 saturated carbocycles. The first-order valence-corrected chi connectivity index (χ1v) is 13.4. The molecule has 2 N–H and O–H groups in total.